The van der Waals surface area contributed by atoms with Crippen LogP contribution in [0, 0.1) is 0 Å². The maximum Gasteiger partial charge on any atom is 0.273 e. The van der Waals surface area contributed by atoms with Crippen LogP contribution in [0.3, 0.4) is 0 Å². The minimum atomic E-state index is -4.20. The van der Waals surface area contributed by atoms with Crippen LogP contribution >= 0.6 is 11.6 Å². The van der Waals surface area contributed by atoms with E-state index < -0.39 is 21.4 Å². The van der Waals surface area contributed by atoms with Gasteiger partial charge >= 0.3 is 0 Å². The molecule has 2 unspecified atom stereocenters. The first-order valence-corrected chi connectivity index (χ1v) is 6.18. The molecular weight excluding hydrogens is 238 g/mol. The number of hydrogen-bond donors (Lipinski definition) is 2. The SMILES string of the molecule is CC(N)C(c1ccc(Cl)cc1)S(=O)(=O)O. The number of rotatable bonds is 3. The molecule has 1 rings (SSSR count). The molecule has 2 atom stereocenters. The summed E-state index contributed by atoms with van der Waals surface area (Å²) in [7, 11) is -4.20. The topological polar surface area (TPSA) is 80.4 Å². The fourth-order valence-corrected chi connectivity index (χ4v) is 2.57. The molecule has 0 aliphatic carbocycles. The summed E-state index contributed by atoms with van der Waals surface area (Å²) in [5.41, 5.74) is 5.95. The summed E-state index contributed by atoms with van der Waals surface area (Å²) in [6.07, 6.45) is 0. The van der Waals surface area contributed by atoms with Gasteiger partial charge in [0.1, 0.15) is 5.25 Å². The standard InChI is InChI=1S/C9H12ClNO3S/c1-6(11)9(15(12,13)14)7-2-4-8(10)5-3-7/h2-6,9H,11H2,1H3,(H,12,13,14). The van der Waals surface area contributed by atoms with Gasteiger partial charge in [0.25, 0.3) is 10.1 Å². The summed E-state index contributed by atoms with van der Waals surface area (Å²) in [5.74, 6) is 0. The average Bonchev–Trinajstić information content (AvgIpc) is 2.05. The lowest BCUT2D eigenvalue weighted by Crippen LogP contribution is -2.30. The molecule has 0 aliphatic heterocycles. The molecule has 15 heavy (non-hydrogen) atoms. The van der Waals surface area contributed by atoms with Gasteiger partial charge in [-0.25, -0.2) is 0 Å². The first-order valence-electron chi connectivity index (χ1n) is 4.29. The molecule has 1 aromatic carbocycles. The summed E-state index contributed by atoms with van der Waals surface area (Å²) in [6, 6.07) is 5.48. The highest BCUT2D eigenvalue weighted by Crippen LogP contribution is 2.25. The average molecular weight is 250 g/mol. The van der Waals surface area contributed by atoms with E-state index in [1.165, 1.54) is 19.1 Å². The first-order chi connectivity index (χ1) is 6.82. The third-order valence-corrected chi connectivity index (χ3v) is 3.59. The van der Waals surface area contributed by atoms with Crippen molar-refractivity contribution in [2.24, 2.45) is 5.73 Å². The Hall–Kier alpha value is -0.620. The minimum Gasteiger partial charge on any atom is -0.326 e. The van der Waals surface area contributed by atoms with Gasteiger partial charge in [0, 0.05) is 11.1 Å². The molecule has 0 fully saturated rings. The summed E-state index contributed by atoms with van der Waals surface area (Å²) in [4.78, 5) is 0. The molecule has 0 amide bonds. The maximum atomic E-state index is 11.1. The lowest BCUT2D eigenvalue weighted by molar-refractivity contribution is 0.458. The van der Waals surface area contributed by atoms with Crippen LogP contribution in [0.1, 0.15) is 17.7 Å². The van der Waals surface area contributed by atoms with Gasteiger partial charge in [0.2, 0.25) is 0 Å². The minimum absolute atomic E-state index is 0.428. The second-order valence-corrected chi connectivity index (χ2v) is 5.32. The van der Waals surface area contributed by atoms with E-state index in [4.69, 9.17) is 21.9 Å². The number of halogens is 1. The molecule has 0 aliphatic rings. The van der Waals surface area contributed by atoms with Gasteiger partial charge in [-0.1, -0.05) is 23.7 Å². The molecular formula is C9H12ClNO3S. The van der Waals surface area contributed by atoms with Crippen LogP contribution in [-0.4, -0.2) is 19.0 Å². The quantitative estimate of drug-likeness (QED) is 0.798. The largest absolute Gasteiger partial charge is 0.326 e. The Kier molecular flexibility index (Phi) is 3.72. The predicted molar refractivity (Wildman–Crippen MR) is 59.4 cm³/mol. The second kappa shape index (κ2) is 4.49. The maximum absolute atomic E-state index is 11.1. The molecule has 0 aromatic heterocycles. The Morgan fingerprint density at radius 3 is 2.13 bits per heavy atom. The van der Waals surface area contributed by atoms with Crippen LogP contribution in [0.2, 0.25) is 5.02 Å². The van der Waals surface area contributed by atoms with E-state index in [-0.39, 0.29) is 0 Å². The van der Waals surface area contributed by atoms with E-state index in [0.717, 1.165) is 0 Å². The van der Waals surface area contributed by atoms with E-state index in [1.54, 1.807) is 12.1 Å². The van der Waals surface area contributed by atoms with Gasteiger partial charge in [-0.05, 0) is 24.6 Å². The summed E-state index contributed by atoms with van der Waals surface area (Å²) < 4.78 is 31.2. The molecule has 0 heterocycles. The van der Waals surface area contributed by atoms with Gasteiger partial charge in [-0.2, -0.15) is 8.42 Å². The summed E-state index contributed by atoms with van der Waals surface area (Å²) >= 11 is 5.67. The summed E-state index contributed by atoms with van der Waals surface area (Å²) in [5, 5.41) is -0.618. The van der Waals surface area contributed by atoms with Crippen molar-refractivity contribution in [1.29, 1.82) is 0 Å². The highest BCUT2D eigenvalue weighted by Gasteiger charge is 2.28. The predicted octanol–water partition coefficient (Wildman–Crippen LogP) is 1.62. The molecule has 0 radical (unpaired) electrons. The monoisotopic (exact) mass is 249 g/mol. The Balaban J connectivity index is 3.17. The molecule has 0 bridgehead atoms. The first kappa shape index (κ1) is 12.4. The fraction of sp³-hybridized carbons (Fsp3) is 0.333. The lowest BCUT2D eigenvalue weighted by Gasteiger charge is -2.17. The molecule has 4 nitrogen and oxygen atoms in total. The smallest absolute Gasteiger partial charge is 0.273 e. The third-order valence-electron chi connectivity index (χ3n) is 2.00. The van der Waals surface area contributed by atoms with E-state index in [2.05, 4.69) is 0 Å². The lowest BCUT2D eigenvalue weighted by atomic mass is 10.1. The summed E-state index contributed by atoms with van der Waals surface area (Å²) in [6.45, 7) is 1.52. The van der Waals surface area contributed by atoms with Crippen molar-refractivity contribution in [2.45, 2.75) is 18.2 Å². The molecule has 1 aromatic rings. The fourth-order valence-electron chi connectivity index (χ4n) is 1.40. The molecule has 3 N–H and O–H groups in total. The van der Waals surface area contributed by atoms with Crippen LogP contribution in [0.5, 0.6) is 0 Å². The zero-order valence-corrected chi connectivity index (χ0v) is 9.66. The van der Waals surface area contributed by atoms with Crippen LogP contribution in [0.25, 0.3) is 0 Å². The van der Waals surface area contributed by atoms with Crippen molar-refractivity contribution in [1.82, 2.24) is 0 Å². The molecule has 84 valence electrons. The zero-order valence-electron chi connectivity index (χ0n) is 8.09. The van der Waals surface area contributed by atoms with Crippen LogP contribution in [0.15, 0.2) is 24.3 Å². The van der Waals surface area contributed by atoms with Gasteiger partial charge in [0.15, 0.2) is 0 Å². The number of nitrogens with two attached hydrogens (primary N) is 1. The molecule has 0 saturated heterocycles. The van der Waals surface area contributed by atoms with Crippen LogP contribution in [0.4, 0.5) is 0 Å². The van der Waals surface area contributed by atoms with Crippen molar-refractivity contribution in [2.75, 3.05) is 0 Å². The Bertz CT molecular complexity index is 427. The van der Waals surface area contributed by atoms with Crippen molar-refractivity contribution in [3.63, 3.8) is 0 Å². The van der Waals surface area contributed by atoms with E-state index >= 15 is 0 Å². The normalized spacial score (nSPS) is 16.0. The highest BCUT2D eigenvalue weighted by molar-refractivity contribution is 7.86. The highest BCUT2D eigenvalue weighted by atomic mass is 35.5. The molecule has 6 heteroatoms. The molecule has 0 saturated carbocycles. The van der Waals surface area contributed by atoms with Crippen molar-refractivity contribution < 1.29 is 13.0 Å². The van der Waals surface area contributed by atoms with Crippen molar-refractivity contribution >= 4 is 21.7 Å². The Labute approximate surface area is 93.8 Å². The van der Waals surface area contributed by atoms with E-state index in [1.807, 2.05) is 0 Å². The Morgan fingerprint density at radius 1 is 1.33 bits per heavy atom. The van der Waals surface area contributed by atoms with Gasteiger partial charge < -0.3 is 5.73 Å². The van der Waals surface area contributed by atoms with Gasteiger partial charge in [-0.3, -0.25) is 4.55 Å². The van der Waals surface area contributed by atoms with E-state index in [0.29, 0.717) is 10.6 Å². The van der Waals surface area contributed by atoms with E-state index in [9.17, 15) is 8.42 Å². The third kappa shape index (κ3) is 3.17. The Morgan fingerprint density at radius 2 is 1.80 bits per heavy atom. The number of benzene rings is 1. The second-order valence-electron chi connectivity index (χ2n) is 3.35. The van der Waals surface area contributed by atoms with Gasteiger partial charge in [-0.15, -0.1) is 0 Å². The van der Waals surface area contributed by atoms with Gasteiger partial charge in [0.05, 0.1) is 0 Å². The van der Waals surface area contributed by atoms with Crippen LogP contribution < -0.4 is 5.73 Å². The van der Waals surface area contributed by atoms with Crippen LogP contribution in [-0.2, 0) is 10.1 Å². The zero-order chi connectivity index (χ0) is 11.6. The number of hydrogen-bond acceptors (Lipinski definition) is 3. The molecule has 0 spiro atoms. The van der Waals surface area contributed by atoms with Crippen molar-refractivity contribution in [3.8, 4) is 0 Å². The van der Waals surface area contributed by atoms with Crippen molar-refractivity contribution in [3.05, 3.63) is 34.9 Å².